The summed E-state index contributed by atoms with van der Waals surface area (Å²) in [7, 11) is 1.57. The number of aromatic nitrogens is 2. The van der Waals surface area contributed by atoms with Gasteiger partial charge in [0.05, 0.1) is 11.9 Å². The van der Waals surface area contributed by atoms with E-state index in [9.17, 15) is 4.79 Å². The molecule has 2 aromatic heterocycles. The molecule has 6 heteroatoms. The minimum absolute atomic E-state index is 0.178. The van der Waals surface area contributed by atoms with Crippen molar-refractivity contribution in [1.82, 2.24) is 9.78 Å². The van der Waals surface area contributed by atoms with Gasteiger partial charge in [-0.1, -0.05) is 11.6 Å². The standard InChI is InChI=1S/C11H12ClN3OS/c1-7-3-4-17-9(7)6-13-8-5-14-15(2)11(16)10(8)12/h3-5,13H,6H2,1-2H3. The number of nitrogens with zero attached hydrogens (tertiary/aromatic N) is 2. The predicted octanol–water partition coefficient (Wildman–Crippen LogP) is 2.42. The molecular formula is C11H12ClN3OS. The number of anilines is 1. The second kappa shape index (κ2) is 4.89. The van der Waals surface area contributed by atoms with Crippen LogP contribution in [-0.4, -0.2) is 9.78 Å². The van der Waals surface area contributed by atoms with Crippen LogP contribution in [0.1, 0.15) is 10.4 Å². The van der Waals surface area contributed by atoms with Gasteiger partial charge >= 0.3 is 0 Å². The van der Waals surface area contributed by atoms with Gasteiger partial charge < -0.3 is 5.32 Å². The highest BCUT2D eigenvalue weighted by Gasteiger charge is 2.07. The number of hydrogen-bond acceptors (Lipinski definition) is 4. The van der Waals surface area contributed by atoms with Crippen LogP contribution in [0.25, 0.3) is 0 Å². The maximum Gasteiger partial charge on any atom is 0.287 e. The maximum atomic E-state index is 11.5. The summed E-state index contributed by atoms with van der Waals surface area (Å²) in [6.45, 7) is 2.70. The average Bonchev–Trinajstić information content (AvgIpc) is 2.71. The SMILES string of the molecule is Cc1ccsc1CNc1cnn(C)c(=O)c1Cl. The van der Waals surface area contributed by atoms with Crippen LogP contribution in [0.3, 0.4) is 0 Å². The zero-order chi connectivity index (χ0) is 12.4. The first-order valence-electron chi connectivity index (χ1n) is 5.08. The molecule has 0 radical (unpaired) electrons. The van der Waals surface area contributed by atoms with E-state index in [4.69, 9.17) is 11.6 Å². The Morgan fingerprint density at radius 3 is 3.00 bits per heavy atom. The highest BCUT2D eigenvalue weighted by Crippen LogP contribution is 2.20. The van der Waals surface area contributed by atoms with E-state index < -0.39 is 0 Å². The van der Waals surface area contributed by atoms with Crippen LogP contribution < -0.4 is 10.9 Å². The molecule has 0 amide bonds. The molecule has 90 valence electrons. The van der Waals surface area contributed by atoms with Gasteiger partial charge in [-0.25, -0.2) is 4.68 Å². The van der Waals surface area contributed by atoms with Gasteiger partial charge in [0.2, 0.25) is 0 Å². The average molecular weight is 270 g/mol. The molecule has 1 N–H and O–H groups in total. The van der Waals surface area contributed by atoms with Crippen molar-refractivity contribution in [3.8, 4) is 0 Å². The van der Waals surface area contributed by atoms with E-state index in [1.54, 1.807) is 24.6 Å². The molecule has 2 rings (SSSR count). The molecular weight excluding hydrogens is 258 g/mol. The molecule has 0 aliphatic carbocycles. The predicted molar refractivity (Wildman–Crippen MR) is 70.9 cm³/mol. The Morgan fingerprint density at radius 1 is 1.59 bits per heavy atom. The fraction of sp³-hybridized carbons (Fsp3) is 0.273. The summed E-state index contributed by atoms with van der Waals surface area (Å²) in [6.07, 6.45) is 1.56. The molecule has 17 heavy (non-hydrogen) atoms. The Balaban J connectivity index is 2.18. The molecule has 0 aromatic carbocycles. The normalized spacial score (nSPS) is 10.5. The van der Waals surface area contributed by atoms with E-state index in [2.05, 4.69) is 23.4 Å². The minimum atomic E-state index is -0.292. The third kappa shape index (κ3) is 2.50. The van der Waals surface area contributed by atoms with Crippen LogP contribution in [0.2, 0.25) is 5.02 Å². The number of rotatable bonds is 3. The Hall–Kier alpha value is -1.33. The van der Waals surface area contributed by atoms with E-state index in [1.165, 1.54) is 15.1 Å². The maximum absolute atomic E-state index is 11.5. The van der Waals surface area contributed by atoms with E-state index >= 15 is 0 Å². The van der Waals surface area contributed by atoms with Crippen molar-refractivity contribution >= 4 is 28.6 Å². The number of nitrogens with one attached hydrogen (secondary N) is 1. The van der Waals surface area contributed by atoms with Crippen LogP contribution in [-0.2, 0) is 13.6 Å². The summed E-state index contributed by atoms with van der Waals surface area (Å²) in [5.74, 6) is 0. The second-order valence-corrected chi connectivity index (χ2v) is 5.06. The highest BCUT2D eigenvalue weighted by molar-refractivity contribution is 7.10. The fourth-order valence-electron chi connectivity index (χ4n) is 1.39. The lowest BCUT2D eigenvalue weighted by atomic mass is 10.3. The first-order valence-corrected chi connectivity index (χ1v) is 6.34. The van der Waals surface area contributed by atoms with Crippen molar-refractivity contribution in [3.05, 3.63) is 43.5 Å². The van der Waals surface area contributed by atoms with Gasteiger partial charge in [-0.05, 0) is 23.9 Å². The lowest BCUT2D eigenvalue weighted by Gasteiger charge is -2.07. The van der Waals surface area contributed by atoms with Crippen molar-refractivity contribution in [2.45, 2.75) is 13.5 Å². The number of hydrogen-bond donors (Lipinski definition) is 1. The van der Waals surface area contributed by atoms with Gasteiger partial charge in [-0.15, -0.1) is 11.3 Å². The second-order valence-electron chi connectivity index (χ2n) is 3.68. The molecule has 0 atom stereocenters. The van der Waals surface area contributed by atoms with Crippen LogP contribution in [0, 0.1) is 6.92 Å². The van der Waals surface area contributed by atoms with Crippen molar-refractivity contribution in [3.63, 3.8) is 0 Å². The zero-order valence-electron chi connectivity index (χ0n) is 9.53. The molecule has 2 heterocycles. The van der Waals surface area contributed by atoms with E-state index in [0.717, 1.165) is 0 Å². The quantitative estimate of drug-likeness (QED) is 0.931. The van der Waals surface area contributed by atoms with Gasteiger partial charge in [0, 0.05) is 18.5 Å². The Morgan fingerprint density at radius 2 is 2.35 bits per heavy atom. The van der Waals surface area contributed by atoms with Crippen molar-refractivity contribution in [1.29, 1.82) is 0 Å². The van der Waals surface area contributed by atoms with Crippen molar-refractivity contribution < 1.29 is 0 Å². The largest absolute Gasteiger partial charge is 0.377 e. The lowest BCUT2D eigenvalue weighted by molar-refractivity contribution is 0.708. The molecule has 0 saturated heterocycles. The molecule has 4 nitrogen and oxygen atoms in total. The Labute approximate surface area is 108 Å². The van der Waals surface area contributed by atoms with Gasteiger partial charge in [-0.3, -0.25) is 4.79 Å². The van der Waals surface area contributed by atoms with E-state index in [-0.39, 0.29) is 10.6 Å². The summed E-state index contributed by atoms with van der Waals surface area (Å²) in [5, 5.41) is 9.26. The summed E-state index contributed by atoms with van der Waals surface area (Å²) >= 11 is 7.62. The topological polar surface area (TPSA) is 46.9 Å². The highest BCUT2D eigenvalue weighted by atomic mass is 35.5. The third-order valence-electron chi connectivity index (χ3n) is 2.49. The first kappa shape index (κ1) is 12.1. The first-order chi connectivity index (χ1) is 8.09. The van der Waals surface area contributed by atoms with Gasteiger partial charge in [-0.2, -0.15) is 5.10 Å². The number of halogens is 1. The Bertz CT molecular complexity index is 591. The molecule has 2 aromatic rings. The minimum Gasteiger partial charge on any atom is -0.377 e. The molecule has 0 fully saturated rings. The van der Waals surface area contributed by atoms with Crippen molar-refractivity contribution in [2.75, 3.05) is 5.32 Å². The number of aryl methyl sites for hydroxylation is 2. The molecule has 0 aliphatic heterocycles. The van der Waals surface area contributed by atoms with E-state index in [0.29, 0.717) is 12.2 Å². The molecule has 0 bridgehead atoms. The summed E-state index contributed by atoms with van der Waals surface area (Å²) in [4.78, 5) is 12.8. The van der Waals surface area contributed by atoms with Crippen LogP contribution in [0.4, 0.5) is 5.69 Å². The lowest BCUT2D eigenvalue weighted by Crippen LogP contribution is -2.21. The fourth-order valence-corrected chi connectivity index (χ4v) is 2.48. The summed E-state index contributed by atoms with van der Waals surface area (Å²) < 4.78 is 1.21. The van der Waals surface area contributed by atoms with Crippen LogP contribution >= 0.6 is 22.9 Å². The van der Waals surface area contributed by atoms with Crippen LogP contribution in [0.15, 0.2) is 22.4 Å². The van der Waals surface area contributed by atoms with Crippen LogP contribution in [0.5, 0.6) is 0 Å². The zero-order valence-corrected chi connectivity index (χ0v) is 11.1. The molecule has 0 spiro atoms. The molecule has 0 aliphatic rings. The summed E-state index contributed by atoms with van der Waals surface area (Å²) in [6, 6.07) is 2.06. The molecule has 0 unspecified atom stereocenters. The number of thiophene rings is 1. The summed E-state index contributed by atoms with van der Waals surface area (Å²) in [5.41, 5.74) is 1.51. The van der Waals surface area contributed by atoms with Crippen molar-refractivity contribution in [2.24, 2.45) is 7.05 Å². The Kier molecular flexibility index (Phi) is 3.49. The van der Waals surface area contributed by atoms with Gasteiger partial charge in [0.15, 0.2) is 0 Å². The monoisotopic (exact) mass is 269 g/mol. The van der Waals surface area contributed by atoms with Gasteiger partial charge in [0.1, 0.15) is 5.02 Å². The smallest absolute Gasteiger partial charge is 0.287 e. The van der Waals surface area contributed by atoms with E-state index in [1.807, 2.05) is 5.38 Å². The van der Waals surface area contributed by atoms with Gasteiger partial charge in [0.25, 0.3) is 5.56 Å². The third-order valence-corrected chi connectivity index (χ3v) is 3.87. The molecule has 0 saturated carbocycles.